The average Bonchev–Trinajstić information content (AvgIpc) is 2.25. The van der Waals surface area contributed by atoms with Gasteiger partial charge in [-0.05, 0) is 32.9 Å². The molecule has 0 aliphatic rings. The van der Waals surface area contributed by atoms with Gasteiger partial charge >= 0.3 is 0 Å². The lowest BCUT2D eigenvalue weighted by molar-refractivity contribution is 0.226. The zero-order valence-corrected chi connectivity index (χ0v) is 12.7. The number of rotatable bonds is 3. The maximum Gasteiger partial charge on any atom is 0.285 e. The van der Waals surface area contributed by atoms with Crippen LogP contribution in [0.1, 0.15) is 26.3 Å². The lowest BCUT2D eigenvalue weighted by Crippen LogP contribution is -2.28. The van der Waals surface area contributed by atoms with Gasteiger partial charge in [0, 0.05) is 10.0 Å². The van der Waals surface area contributed by atoms with Crippen LogP contribution in [0.2, 0.25) is 0 Å². The van der Waals surface area contributed by atoms with E-state index in [1.807, 2.05) is 0 Å². The number of hydrogen-bond donors (Lipinski definition) is 0. The molecule has 0 aromatic heterocycles. The number of halogens is 3. The third-order valence-electron chi connectivity index (χ3n) is 2.05. The molecule has 0 fully saturated rings. The zero-order valence-electron chi connectivity index (χ0n) is 10.3. The van der Waals surface area contributed by atoms with Gasteiger partial charge in [-0.2, -0.15) is 0 Å². The molecule has 2 nitrogen and oxygen atoms in total. The summed E-state index contributed by atoms with van der Waals surface area (Å²) in [5.41, 5.74) is -0.151. The van der Waals surface area contributed by atoms with Gasteiger partial charge < -0.3 is 4.55 Å². The number of nitrogens with zero attached hydrogens (tertiary/aromatic N) is 1. The second-order valence-corrected chi connectivity index (χ2v) is 7.47. The quantitative estimate of drug-likeness (QED) is 0.607. The summed E-state index contributed by atoms with van der Waals surface area (Å²) in [6, 6.07) is 6.34. The molecule has 1 aromatic rings. The lowest BCUT2D eigenvalue weighted by Gasteiger charge is -2.19. The highest BCUT2D eigenvalue weighted by molar-refractivity contribution is 9.10. The van der Waals surface area contributed by atoms with Gasteiger partial charge in [-0.15, -0.1) is 0 Å². The Bertz CT molecular complexity index is 429. The third-order valence-corrected chi connectivity index (χ3v) is 3.99. The van der Waals surface area contributed by atoms with Crippen molar-refractivity contribution < 1.29 is 13.3 Å². The number of alkyl halides is 2. The van der Waals surface area contributed by atoms with Gasteiger partial charge in [0.25, 0.3) is 6.43 Å². The van der Waals surface area contributed by atoms with Crippen LogP contribution in [-0.2, 0) is 11.4 Å². The maximum atomic E-state index is 13.0. The molecule has 0 saturated carbocycles. The topological polar surface area (TPSA) is 35.4 Å². The highest BCUT2D eigenvalue weighted by atomic mass is 79.9. The number of hydrogen-bond acceptors (Lipinski definition) is 2. The Hall–Kier alpha value is -0.460. The van der Waals surface area contributed by atoms with Crippen LogP contribution in [-0.4, -0.2) is 21.4 Å². The molecule has 18 heavy (non-hydrogen) atoms. The van der Waals surface area contributed by atoms with Gasteiger partial charge in [0.1, 0.15) is 16.1 Å². The summed E-state index contributed by atoms with van der Waals surface area (Å²) in [4.78, 5) is 0. The van der Waals surface area contributed by atoms with Gasteiger partial charge in [-0.3, -0.25) is 0 Å². The van der Waals surface area contributed by atoms with E-state index >= 15 is 0 Å². The van der Waals surface area contributed by atoms with E-state index in [0.717, 1.165) is 4.47 Å². The molecule has 1 unspecified atom stereocenters. The highest BCUT2D eigenvalue weighted by Crippen LogP contribution is 2.21. The summed E-state index contributed by atoms with van der Waals surface area (Å²) in [6.07, 6.45) is -2.75. The van der Waals surface area contributed by atoms with Crippen LogP contribution < -0.4 is 0 Å². The first-order valence-corrected chi connectivity index (χ1v) is 7.16. The van der Waals surface area contributed by atoms with Crippen molar-refractivity contribution in [1.82, 2.24) is 0 Å². The maximum absolute atomic E-state index is 13.0. The monoisotopic (exact) mass is 337 g/mol. The first-order valence-electron chi connectivity index (χ1n) is 5.26. The molecule has 0 aliphatic heterocycles. The Morgan fingerprint density at radius 1 is 1.28 bits per heavy atom. The van der Waals surface area contributed by atoms with Crippen molar-refractivity contribution in [1.29, 1.82) is 0 Å². The molecule has 0 heterocycles. The van der Waals surface area contributed by atoms with E-state index in [1.165, 1.54) is 12.1 Å². The summed E-state index contributed by atoms with van der Waals surface area (Å²) in [6.45, 7) is 5.08. The van der Waals surface area contributed by atoms with Crippen LogP contribution in [0.25, 0.3) is 0 Å². The molecule has 1 rings (SSSR count). The summed E-state index contributed by atoms with van der Waals surface area (Å²) < 4.78 is 41.5. The largest absolute Gasteiger partial charge is 0.591 e. The molecule has 1 atom stereocenters. The average molecular weight is 338 g/mol. The van der Waals surface area contributed by atoms with Gasteiger partial charge in [-0.25, -0.2) is 8.78 Å². The first kappa shape index (κ1) is 15.6. The Balaban J connectivity index is 3.11. The van der Waals surface area contributed by atoms with Crippen molar-refractivity contribution in [3.05, 3.63) is 34.3 Å². The van der Waals surface area contributed by atoms with Crippen LogP contribution >= 0.6 is 15.9 Å². The summed E-state index contributed by atoms with van der Waals surface area (Å²) >= 11 is 1.53. The van der Waals surface area contributed by atoms with E-state index in [4.69, 9.17) is 0 Å². The van der Waals surface area contributed by atoms with Crippen LogP contribution in [0.3, 0.4) is 0 Å². The lowest BCUT2D eigenvalue weighted by atomic mass is 10.1. The second kappa shape index (κ2) is 6.12. The molecule has 6 heteroatoms. The summed E-state index contributed by atoms with van der Waals surface area (Å²) in [5.74, 6) is 0. The predicted octanol–water partition coefficient (Wildman–Crippen LogP) is 3.97. The second-order valence-electron chi connectivity index (χ2n) is 4.65. The van der Waals surface area contributed by atoms with Gasteiger partial charge in [0.2, 0.25) is 0 Å². The van der Waals surface area contributed by atoms with Crippen LogP contribution in [0, 0.1) is 0 Å². The third kappa shape index (κ3) is 4.33. The molecule has 0 N–H and O–H groups in total. The Morgan fingerprint density at radius 2 is 1.78 bits per heavy atom. The van der Waals surface area contributed by atoms with Crippen molar-refractivity contribution in [3.63, 3.8) is 0 Å². The van der Waals surface area contributed by atoms with Crippen molar-refractivity contribution in [2.75, 3.05) is 0 Å². The number of benzene rings is 1. The SMILES string of the molecule is CC(C)(C)[S+]([O-])N=C(c1ccc(Br)cc1)C(F)F. The minimum Gasteiger partial charge on any atom is -0.591 e. The van der Waals surface area contributed by atoms with E-state index in [2.05, 4.69) is 20.3 Å². The van der Waals surface area contributed by atoms with Gasteiger partial charge in [-0.1, -0.05) is 32.5 Å². The van der Waals surface area contributed by atoms with Crippen molar-refractivity contribution >= 4 is 33.0 Å². The molecule has 0 spiro atoms. The van der Waals surface area contributed by atoms with E-state index in [1.54, 1.807) is 32.9 Å². The minimum atomic E-state index is -2.75. The minimum absolute atomic E-state index is 0.283. The Kier molecular flexibility index (Phi) is 5.31. The Labute approximate surface area is 117 Å². The van der Waals surface area contributed by atoms with Crippen molar-refractivity contribution in [2.45, 2.75) is 31.9 Å². The van der Waals surface area contributed by atoms with Crippen LogP contribution in [0.5, 0.6) is 0 Å². The van der Waals surface area contributed by atoms with E-state index in [9.17, 15) is 13.3 Å². The fourth-order valence-corrected chi connectivity index (χ4v) is 1.97. The highest BCUT2D eigenvalue weighted by Gasteiger charge is 2.29. The standard InChI is InChI=1S/C12H14BrF2NOS/c1-12(2,3)18(17)16-10(11(14)15)8-4-6-9(13)7-5-8/h4-7,11H,1-3H3. The molecule has 0 saturated heterocycles. The molecule has 0 bridgehead atoms. The summed E-state index contributed by atoms with van der Waals surface area (Å²) in [5, 5.41) is 0. The zero-order chi connectivity index (χ0) is 13.9. The molecule has 0 amide bonds. The molecular weight excluding hydrogens is 324 g/mol. The van der Waals surface area contributed by atoms with Gasteiger partial charge in [0.05, 0.1) is 0 Å². The van der Waals surface area contributed by atoms with Gasteiger partial charge in [0.15, 0.2) is 5.71 Å². The fourth-order valence-electron chi connectivity index (χ4n) is 1.07. The normalized spacial score (nSPS) is 15.0. The van der Waals surface area contributed by atoms with Crippen molar-refractivity contribution in [3.8, 4) is 0 Å². The molecule has 1 aromatic carbocycles. The van der Waals surface area contributed by atoms with E-state index < -0.39 is 28.2 Å². The molecule has 0 aliphatic carbocycles. The van der Waals surface area contributed by atoms with Crippen LogP contribution in [0.15, 0.2) is 33.1 Å². The fraction of sp³-hybridized carbons (Fsp3) is 0.417. The first-order chi connectivity index (χ1) is 8.21. The molecular formula is C12H14BrF2NOS. The molecule has 100 valence electrons. The predicted molar refractivity (Wildman–Crippen MR) is 74.6 cm³/mol. The van der Waals surface area contributed by atoms with Crippen LogP contribution in [0.4, 0.5) is 8.78 Å². The Morgan fingerprint density at radius 3 is 2.17 bits per heavy atom. The van der Waals surface area contributed by atoms with Crippen molar-refractivity contribution in [2.24, 2.45) is 4.40 Å². The smallest absolute Gasteiger partial charge is 0.285 e. The summed E-state index contributed by atoms with van der Waals surface area (Å²) in [7, 11) is 0. The van der Waals surface area contributed by atoms with E-state index in [0.29, 0.717) is 0 Å². The molecule has 0 radical (unpaired) electrons. The van der Waals surface area contributed by atoms with E-state index in [-0.39, 0.29) is 5.56 Å².